The highest BCUT2D eigenvalue weighted by Crippen LogP contribution is 2.46. The summed E-state index contributed by atoms with van der Waals surface area (Å²) in [7, 11) is 1.61. The van der Waals surface area contributed by atoms with E-state index in [1.807, 2.05) is 30.3 Å². The zero-order valence-corrected chi connectivity index (χ0v) is 14.0. The maximum atomic E-state index is 12.2. The Bertz CT molecular complexity index is 644. The van der Waals surface area contributed by atoms with Crippen molar-refractivity contribution in [3.8, 4) is 11.8 Å². The number of esters is 1. The van der Waals surface area contributed by atoms with Crippen molar-refractivity contribution in [2.24, 2.45) is 5.92 Å². The molecule has 0 amide bonds. The summed E-state index contributed by atoms with van der Waals surface area (Å²) in [5.74, 6) is 0.847. The average Bonchev–Trinajstić information content (AvgIpc) is 2.55. The molecular formula is C19H23NO3. The lowest BCUT2D eigenvalue weighted by molar-refractivity contribution is -0.144. The van der Waals surface area contributed by atoms with Crippen LogP contribution in [0.4, 0.5) is 0 Å². The van der Waals surface area contributed by atoms with Gasteiger partial charge in [-0.3, -0.25) is 4.79 Å². The minimum absolute atomic E-state index is 0.178. The standard InChI is InChI=1S/C19H23NO3/c1-4-23-18(21)12-19(11-14(2)8-9-16(19)13-20)15-6-5-7-17(10-15)22-3/h5-7,9-10,14H,4,8,11-12H2,1-3H3. The molecule has 1 aromatic carbocycles. The van der Waals surface area contributed by atoms with Crippen LogP contribution in [0.3, 0.4) is 0 Å². The van der Waals surface area contributed by atoms with E-state index in [4.69, 9.17) is 9.47 Å². The highest BCUT2D eigenvalue weighted by Gasteiger charge is 2.42. The number of allylic oxidation sites excluding steroid dienone is 2. The van der Waals surface area contributed by atoms with E-state index in [0.717, 1.165) is 24.2 Å². The molecule has 2 atom stereocenters. The second-order valence-electron chi connectivity index (χ2n) is 6.07. The summed E-state index contributed by atoms with van der Waals surface area (Å²) in [6.07, 6.45) is 3.75. The zero-order valence-electron chi connectivity index (χ0n) is 14.0. The third-order valence-electron chi connectivity index (χ3n) is 4.43. The highest BCUT2D eigenvalue weighted by atomic mass is 16.5. The molecule has 1 aliphatic rings. The van der Waals surface area contributed by atoms with Crippen molar-refractivity contribution in [1.29, 1.82) is 5.26 Å². The summed E-state index contributed by atoms with van der Waals surface area (Å²) in [6, 6.07) is 9.96. The molecule has 0 fully saturated rings. The van der Waals surface area contributed by atoms with E-state index in [1.165, 1.54) is 0 Å². The van der Waals surface area contributed by atoms with Crippen LogP contribution in [0, 0.1) is 17.2 Å². The fraction of sp³-hybridized carbons (Fsp3) is 0.474. The molecule has 0 aliphatic heterocycles. The van der Waals surface area contributed by atoms with Gasteiger partial charge in [0.05, 0.1) is 26.2 Å². The van der Waals surface area contributed by atoms with Crippen molar-refractivity contribution < 1.29 is 14.3 Å². The number of carbonyl (C=O) groups is 1. The van der Waals surface area contributed by atoms with Gasteiger partial charge in [0.15, 0.2) is 0 Å². The Morgan fingerprint density at radius 3 is 2.91 bits per heavy atom. The summed E-state index contributed by atoms with van der Waals surface area (Å²) in [5.41, 5.74) is 0.953. The largest absolute Gasteiger partial charge is 0.497 e. The molecule has 1 aliphatic carbocycles. The van der Waals surface area contributed by atoms with Crippen molar-refractivity contribution in [2.45, 2.75) is 38.5 Å². The van der Waals surface area contributed by atoms with E-state index < -0.39 is 5.41 Å². The Balaban J connectivity index is 2.54. The van der Waals surface area contributed by atoms with Crippen molar-refractivity contribution in [1.82, 2.24) is 0 Å². The van der Waals surface area contributed by atoms with Gasteiger partial charge < -0.3 is 9.47 Å². The van der Waals surface area contributed by atoms with Crippen LogP contribution in [0.2, 0.25) is 0 Å². The quantitative estimate of drug-likeness (QED) is 0.776. The van der Waals surface area contributed by atoms with Crippen LogP contribution in [-0.4, -0.2) is 19.7 Å². The van der Waals surface area contributed by atoms with Gasteiger partial charge in [0.1, 0.15) is 5.75 Å². The lowest BCUT2D eigenvalue weighted by Crippen LogP contribution is -2.36. The van der Waals surface area contributed by atoms with Gasteiger partial charge in [-0.1, -0.05) is 25.1 Å². The molecule has 23 heavy (non-hydrogen) atoms. The number of nitrogens with zero attached hydrogens (tertiary/aromatic N) is 1. The molecule has 2 unspecified atom stereocenters. The van der Waals surface area contributed by atoms with Crippen LogP contribution in [0.25, 0.3) is 0 Å². The monoisotopic (exact) mass is 313 g/mol. The Morgan fingerprint density at radius 2 is 2.26 bits per heavy atom. The zero-order chi connectivity index (χ0) is 16.9. The van der Waals surface area contributed by atoms with Gasteiger partial charge in [0.25, 0.3) is 0 Å². The van der Waals surface area contributed by atoms with Crippen LogP contribution in [0.15, 0.2) is 35.9 Å². The lowest BCUT2D eigenvalue weighted by atomic mass is 9.63. The number of hydrogen-bond acceptors (Lipinski definition) is 4. The normalized spacial score (nSPS) is 23.6. The van der Waals surface area contributed by atoms with Crippen LogP contribution >= 0.6 is 0 Å². The predicted molar refractivity (Wildman–Crippen MR) is 88.0 cm³/mol. The molecule has 0 bridgehead atoms. The molecule has 0 N–H and O–H groups in total. The maximum absolute atomic E-state index is 12.2. The first-order valence-corrected chi connectivity index (χ1v) is 7.96. The summed E-state index contributed by atoms with van der Waals surface area (Å²) >= 11 is 0. The number of ether oxygens (including phenoxy) is 2. The number of hydrogen-bond donors (Lipinski definition) is 0. The first-order chi connectivity index (χ1) is 11.1. The van der Waals surface area contributed by atoms with E-state index in [0.29, 0.717) is 18.1 Å². The fourth-order valence-electron chi connectivity index (χ4n) is 3.38. The third kappa shape index (κ3) is 3.56. The Kier molecular flexibility index (Phi) is 5.44. The van der Waals surface area contributed by atoms with Crippen molar-refractivity contribution in [2.75, 3.05) is 13.7 Å². The van der Waals surface area contributed by atoms with Crippen LogP contribution in [0.5, 0.6) is 5.75 Å². The summed E-state index contributed by atoms with van der Waals surface area (Å²) in [5, 5.41) is 9.64. The SMILES string of the molecule is CCOC(=O)CC1(c2cccc(OC)c2)CC(C)CC=C1C#N. The van der Waals surface area contributed by atoms with Crippen molar-refractivity contribution in [3.05, 3.63) is 41.5 Å². The van der Waals surface area contributed by atoms with Gasteiger partial charge >= 0.3 is 5.97 Å². The van der Waals surface area contributed by atoms with Crippen molar-refractivity contribution >= 4 is 5.97 Å². The number of benzene rings is 1. The van der Waals surface area contributed by atoms with E-state index in [2.05, 4.69) is 13.0 Å². The smallest absolute Gasteiger partial charge is 0.307 e. The van der Waals surface area contributed by atoms with Gasteiger partial charge in [-0.25, -0.2) is 0 Å². The van der Waals surface area contributed by atoms with Gasteiger partial charge in [0.2, 0.25) is 0 Å². The van der Waals surface area contributed by atoms with Crippen LogP contribution < -0.4 is 4.74 Å². The fourth-order valence-corrected chi connectivity index (χ4v) is 3.38. The summed E-state index contributed by atoms with van der Waals surface area (Å²) in [6.45, 7) is 4.28. The van der Waals surface area contributed by atoms with E-state index in [-0.39, 0.29) is 12.4 Å². The Morgan fingerprint density at radius 1 is 1.48 bits per heavy atom. The van der Waals surface area contributed by atoms with Gasteiger partial charge in [-0.2, -0.15) is 5.26 Å². The van der Waals surface area contributed by atoms with E-state index in [1.54, 1.807) is 14.0 Å². The second-order valence-corrected chi connectivity index (χ2v) is 6.07. The number of methoxy groups -OCH3 is 1. The first-order valence-electron chi connectivity index (χ1n) is 7.96. The summed E-state index contributed by atoms with van der Waals surface area (Å²) in [4.78, 5) is 12.2. The molecule has 4 nitrogen and oxygen atoms in total. The molecular weight excluding hydrogens is 290 g/mol. The number of nitriles is 1. The minimum atomic E-state index is -0.632. The molecule has 0 aromatic heterocycles. The molecule has 0 saturated carbocycles. The minimum Gasteiger partial charge on any atom is -0.497 e. The Hall–Kier alpha value is -2.28. The third-order valence-corrected chi connectivity index (χ3v) is 4.43. The molecule has 0 radical (unpaired) electrons. The average molecular weight is 313 g/mol. The number of rotatable bonds is 5. The molecule has 4 heteroatoms. The molecule has 0 saturated heterocycles. The van der Waals surface area contributed by atoms with Gasteiger partial charge in [0, 0.05) is 11.0 Å². The van der Waals surface area contributed by atoms with Crippen molar-refractivity contribution in [3.63, 3.8) is 0 Å². The maximum Gasteiger partial charge on any atom is 0.307 e. The predicted octanol–water partition coefficient (Wildman–Crippen LogP) is 3.77. The topological polar surface area (TPSA) is 59.3 Å². The van der Waals surface area contributed by atoms with Gasteiger partial charge in [-0.05, 0) is 43.4 Å². The Labute approximate surface area is 137 Å². The first kappa shape index (κ1) is 17.1. The molecule has 122 valence electrons. The van der Waals surface area contributed by atoms with Gasteiger partial charge in [-0.15, -0.1) is 0 Å². The molecule has 0 spiro atoms. The lowest BCUT2D eigenvalue weighted by Gasteiger charge is -2.38. The highest BCUT2D eigenvalue weighted by molar-refractivity contribution is 5.73. The van der Waals surface area contributed by atoms with E-state index in [9.17, 15) is 10.1 Å². The molecule has 0 heterocycles. The second kappa shape index (κ2) is 7.32. The molecule has 1 aromatic rings. The summed E-state index contributed by atoms with van der Waals surface area (Å²) < 4.78 is 10.5. The van der Waals surface area contributed by atoms with Crippen LogP contribution in [0.1, 0.15) is 38.7 Å². The number of carbonyl (C=O) groups excluding carboxylic acids is 1. The van der Waals surface area contributed by atoms with E-state index >= 15 is 0 Å². The molecule has 2 rings (SSSR count). The van der Waals surface area contributed by atoms with Crippen LogP contribution in [-0.2, 0) is 14.9 Å².